The monoisotopic (exact) mass is 309 g/mol. The molecule has 6 N–H and O–H groups in total. The van der Waals surface area contributed by atoms with E-state index in [4.69, 9.17) is 11.5 Å². The molecule has 0 atom stereocenters. The van der Waals surface area contributed by atoms with Gasteiger partial charge in [0.25, 0.3) is 0 Å². The van der Waals surface area contributed by atoms with Crippen molar-refractivity contribution in [1.29, 1.82) is 0 Å². The van der Waals surface area contributed by atoms with E-state index in [-0.39, 0.29) is 22.7 Å². The Labute approximate surface area is 121 Å². The molecule has 2 rings (SSSR count). The molecule has 2 aromatic rings. The minimum Gasteiger partial charge on any atom is -0.398 e. The minimum atomic E-state index is -3.75. The molecule has 0 saturated heterocycles. The summed E-state index contributed by atoms with van der Waals surface area (Å²) in [4.78, 5) is 17.6. The zero-order valence-corrected chi connectivity index (χ0v) is 11.9. The Balaban J connectivity index is 2.10. The maximum atomic E-state index is 12.1. The number of sulfonamides is 1. The molecule has 9 heteroatoms. The van der Waals surface area contributed by atoms with E-state index in [1.807, 2.05) is 0 Å². The van der Waals surface area contributed by atoms with Gasteiger partial charge in [-0.1, -0.05) is 0 Å². The summed E-state index contributed by atoms with van der Waals surface area (Å²) in [5.74, 6) is -0.669. The van der Waals surface area contributed by atoms with Gasteiger partial charge < -0.3 is 16.5 Å². The molecule has 0 saturated carbocycles. The van der Waals surface area contributed by atoms with Crippen molar-refractivity contribution in [1.82, 2.24) is 14.7 Å². The van der Waals surface area contributed by atoms with Crippen LogP contribution in [0.3, 0.4) is 0 Å². The molecule has 0 aliphatic heterocycles. The van der Waals surface area contributed by atoms with Crippen molar-refractivity contribution >= 4 is 21.6 Å². The Bertz CT molecular complexity index is 740. The van der Waals surface area contributed by atoms with Gasteiger partial charge in [-0.15, -0.1) is 0 Å². The molecule has 1 heterocycles. The molecule has 0 aliphatic rings. The number of carbonyl (C=O) groups is 1. The van der Waals surface area contributed by atoms with Gasteiger partial charge >= 0.3 is 0 Å². The molecule has 112 valence electrons. The van der Waals surface area contributed by atoms with E-state index < -0.39 is 15.9 Å². The number of hydrogen-bond donors (Lipinski definition) is 4. The number of benzene rings is 1. The second-order valence-corrected chi connectivity index (χ2v) is 6.08. The molecular formula is C12H15N5O3S. The molecule has 0 unspecified atom stereocenters. The normalized spacial score (nSPS) is 11.4. The lowest BCUT2D eigenvalue weighted by Gasteiger charge is -2.09. The van der Waals surface area contributed by atoms with Gasteiger partial charge in [0.2, 0.25) is 15.9 Å². The van der Waals surface area contributed by atoms with Crippen molar-refractivity contribution < 1.29 is 13.2 Å². The highest BCUT2D eigenvalue weighted by molar-refractivity contribution is 7.89. The van der Waals surface area contributed by atoms with Crippen molar-refractivity contribution in [3.8, 4) is 0 Å². The molecule has 0 fully saturated rings. The first-order valence-corrected chi connectivity index (χ1v) is 7.55. The first kappa shape index (κ1) is 15.0. The number of imidazole rings is 1. The number of aromatic nitrogens is 2. The SMILES string of the molecule is NC(=O)c1ccc(S(=O)(=O)NCCc2cnc[nH]2)c(N)c1. The van der Waals surface area contributed by atoms with Gasteiger partial charge in [-0.2, -0.15) is 0 Å². The number of amides is 1. The van der Waals surface area contributed by atoms with Crippen LogP contribution in [0.2, 0.25) is 0 Å². The van der Waals surface area contributed by atoms with Crippen LogP contribution in [0.5, 0.6) is 0 Å². The Morgan fingerprint density at radius 2 is 2.14 bits per heavy atom. The highest BCUT2D eigenvalue weighted by Gasteiger charge is 2.18. The van der Waals surface area contributed by atoms with Crippen LogP contribution in [0, 0.1) is 0 Å². The van der Waals surface area contributed by atoms with Crippen LogP contribution in [0.15, 0.2) is 35.6 Å². The van der Waals surface area contributed by atoms with E-state index in [9.17, 15) is 13.2 Å². The van der Waals surface area contributed by atoms with Gasteiger partial charge in [-0.3, -0.25) is 4.79 Å². The van der Waals surface area contributed by atoms with E-state index >= 15 is 0 Å². The average molecular weight is 309 g/mol. The maximum Gasteiger partial charge on any atom is 0.248 e. The summed E-state index contributed by atoms with van der Waals surface area (Å²) in [5.41, 5.74) is 11.7. The Morgan fingerprint density at radius 1 is 1.38 bits per heavy atom. The molecule has 8 nitrogen and oxygen atoms in total. The Kier molecular flexibility index (Phi) is 4.24. The van der Waals surface area contributed by atoms with Gasteiger partial charge in [0, 0.05) is 30.4 Å². The quantitative estimate of drug-likeness (QED) is 0.537. The summed E-state index contributed by atoms with van der Waals surface area (Å²) in [5, 5.41) is 0. The Hall–Kier alpha value is -2.39. The molecule has 0 radical (unpaired) electrons. The Morgan fingerprint density at radius 3 is 2.71 bits per heavy atom. The lowest BCUT2D eigenvalue weighted by molar-refractivity contribution is 0.1000. The molecule has 21 heavy (non-hydrogen) atoms. The number of nitrogen functional groups attached to an aromatic ring is 1. The molecule has 1 amide bonds. The number of aromatic amines is 1. The van der Waals surface area contributed by atoms with Crippen molar-refractivity contribution in [3.05, 3.63) is 42.0 Å². The fourth-order valence-corrected chi connectivity index (χ4v) is 2.91. The fourth-order valence-electron chi connectivity index (χ4n) is 1.77. The molecule has 0 bridgehead atoms. The molecule has 0 spiro atoms. The second kappa shape index (κ2) is 5.94. The highest BCUT2D eigenvalue weighted by Crippen LogP contribution is 2.19. The van der Waals surface area contributed by atoms with Crippen LogP contribution < -0.4 is 16.2 Å². The summed E-state index contributed by atoms with van der Waals surface area (Å²) in [7, 11) is -3.75. The summed E-state index contributed by atoms with van der Waals surface area (Å²) in [6, 6.07) is 3.82. The summed E-state index contributed by atoms with van der Waals surface area (Å²) in [6.07, 6.45) is 3.60. The number of carbonyl (C=O) groups excluding carboxylic acids is 1. The van der Waals surface area contributed by atoms with E-state index in [1.54, 1.807) is 6.20 Å². The summed E-state index contributed by atoms with van der Waals surface area (Å²) >= 11 is 0. The largest absolute Gasteiger partial charge is 0.398 e. The van der Waals surface area contributed by atoms with E-state index in [1.165, 1.54) is 24.5 Å². The van der Waals surface area contributed by atoms with Crippen molar-refractivity contribution in [2.45, 2.75) is 11.3 Å². The van der Waals surface area contributed by atoms with E-state index in [0.29, 0.717) is 6.42 Å². The van der Waals surface area contributed by atoms with Crippen molar-refractivity contribution in [3.63, 3.8) is 0 Å². The topological polar surface area (TPSA) is 144 Å². The summed E-state index contributed by atoms with van der Waals surface area (Å²) in [6.45, 7) is 0.196. The highest BCUT2D eigenvalue weighted by atomic mass is 32.2. The number of nitrogens with zero attached hydrogens (tertiary/aromatic N) is 1. The van der Waals surface area contributed by atoms with Crippen LogP contribution in [0.1, 0.15) is 16.1 Å². The molecule has 0 aliphatic carbocycles. The average Bonchev–Trinajstić information content (AvgIpc) is 2.91. The van der Waals surface area contributed by atoms with E-state index in [0.717, 1.165) is 5.69 Å². The number of nitrogens with two attached hydrogens (primary N) is 2. The van der Waals surface area contributed by atoms with Gasteiger partial charge in [0.1, 0.15) is 4.90 Å². The molecule has 1 aromatic heterocycles. The standard InChI is InChI=1S/C12H15N5O3S/c13-10-5-8(12(14)18)1-2-11(10)21(19,20)17-4-3-9-6-15-7-16-9/h1-2,5-7,17H,3-4,13H2,(H2,14,18)(H,15,16). The molecular weight excluding hydrogens is 294 g/mol. The van der Waals surface area contributed by atoms with Crippen molar-refractivity contribution in [2.24, 2.45) is 5.73 Å². The van der Waals surface area contributed by atoms with Crippen LogP contribution in [0.25, 0.3) is 0 Å². The number of hydrogen-bond acceptors (Lipinski definition) is 5. The number of primary amides is 1. The van der Waals surface area contributed by atoms with Crippen LogP contribution in [0.4, 0.5) is 5.69 Å². The number of H-pyrrole nitrogens is 1. The van der Waals surface area contributed by atoms with Gasteiger partial charge in [-0.25, -0.2) is 18.1 Å². The predicted octanol–water partition coefficient (Wildman–Crippen LogP) is -0.388. The minimum absolute atomic E-state index is 0.0275. The smallest absolute Gasteiger partial charge is 0.248 e. The van der Waals surface area contributed by atoms with Crippen LogP contribution in [-0.2, 0) is 16.4 Å². The third-order valence-electron chi connectivity index (χ3n) is 2.83. The zero-order valence-electron chi connectivity index (χ0n) is 11.0. The first-order valence-electron chi connectivity index (χ1n) is 6.06. The number of nitrogens with one attached hydrogen (secondary N) is 2. The van der Waals surface area contributed by atoms with Crippen LogP contribution in [-0.4, -0.2) is 30.8 Å². The number of anilines is 1. The first-order chi connectivity index (χ1) is 9.90. The zero-order chi connectivity index (χ0) is 15.5. The van der Waals surface area contributed by atoms with E-state index in [2.05, 4.69) is 14.7 Å². The van der Waals surface area contributed by atoms with Crippen LogP contribution >= 0.6 is 0 Å². The molecule has 1 aromatic carbocycles. The predicted molar refractivity (Wildman–Crippen MR) is 76.9 cm³/mol. The summed E-state index contributed by atoms with van der Waals surface area (Å²) < 4.78 is 26.7. The third kappa shape index (κ3) is 3.58. The number of rotatable bonds is 6. The second-order valence-electron chi connectivity index (χ2n) is 4.34. The van der Waals surface area contributed by atoms with Crippen molar-refractivity contribution in [2.75, 3.05) is 12.3 Å². The third-order valence-corrected chi connectivity index (χ3v) is 4.36. The van der Waals surface area contributed by atoms with Gasteiger partial charge in [0.15, 0.2) is 0 Å². The maximum absolute atomic E-state index is 12.1. The van der Waals surface area contributed by atoms with Gasteiger partial charge in [-0.05, 0) is 18.2 Å². The lowest BCUT2D eigenvalue weighted by atomic mass is 10.2. The van der Waals surface area contributed by atoms with Gasteiger partial charge in [0.05, 0.1) is 12.0 Å². The lowest BCUT2D eigenvalue weighted by Crippen LogP contribution is -2.27. The fraction of sp³-hybridized carbons (Fsp3) is 0.167.